The molecule has 0 aliphatic heterocycles. The zero-order valence-electron chi connectivity index (χ0n) is 10.8. The molecule has 0 aliphatic carbocycles. The van der Waals surface area contributed by atoms with Crippen LogP contribution in [0.4, 0.5) is 0 Å². The van der Waals surface area contributed by atoms with Crippen molar-refractivity contribution < 1.29 is 0 Å². The van der Waals surface area contributed by atoms with Crippen molar-refractivity contribution in [1.82, 2.24) is 0 Å². The second-order valence-electron chi connectivity index (χ2n) is 4.84. The van der Waals surface area contributed by atoms with Gasteiger partial charge >= 0.3 is 0 Å². The quantitative estimate of drug-likeness (QED) is 0.770. The highest BCUT2D eigenvalue weighted by atomic mass is 14.6. The van der Waals surface area contributed by atoms with E-state index in [4.69, 9.17) is 5.73 Å². The molecule has 0 bridgehead atoms. The average Bonchev–Trinajstić information content (AvgIpc) is 2.31. The van der Waals surface area contributed by atoms with Gasteiger partial charge in [0.05, 0.1) is 0 Å². The van der Waals surface area contributed by atoms with Gasteiger partial charge in [-0.25, -0.2) is 0 Å². The van der Waals surface area contributed by atoms with Crippen molar-refractivity contribution in [3.63, 3.8) is 0 Å². The third-order valence-corrected chi connectivity index (χ3v) is 3.56. The van der Waals surface area contributed by atoms with E-state index >= 15 is 0 Å². The van der Waals surface area contributed by atoms with E-state index < -0.39 is 0 Å². The van der Waals surface area contributed by atoms with Crippen LogP contribution >= 0.6 is 0 Å². The van der Waals surface area contributed by atoms with Gasteiger partial charge in [-0.15, -0.1) is 0 Å². The highest BCUT2D eigenvalue weighted by Crippen LogP contribution is 2.26. The van der Waals surface area contributed by atoms with Gasteiger partial charge in [0.25, 0.3) is 0 Å². The third-order valence-electron chi connectivity index (χ3n) is 3.56. The molecule has 1 nitrogen and oxygen atoms in total. The Bertz CT molecular complexity index is 281. The first-order chi connectivity index (χ1) is 7.69. The molecule has 16 heavy (non-hydrogen) atoms. The fourth-order valence-corrected chi connectivity index (χ4v) is 2.28. The van der Waals surface area contributed by atoms with Crippen molar-refractivity contribution in [2.24, 2.45) is 11.7 Å². The number of benzene rings is 1. The van der Waals surface area contributed by atoms with Crippen LogP contribution in [0, 0.1) is 5.92 Å². The Hall–Kier alpha value is -0.820. The smallest absolute Gasteiger partial charge is 0.0110 e. The molecule has 1 aromatic rings. The van der Waals surface area contributed by atoms with Crippen molar-refractivity contribution in [3.05, 3.63) is 35.9 Å². The van der Waals surface area contributed by atoms with Crippen molar-refractivity contribution in [3.8, 4) is 0 Å². The van der Waals surface area contributed by atoms with E-state index in [9.17, 15) is 0 Å². The summed E-state index contributed by atoms with van der Waals surface area (Å²) in [6.07, 6.45) is 3.48. The van der Waals surface area contributed by atoms with Gasteiger partial charge in [0.2, 0.25) is 0 Å². The maximum Gasteiger partial charge on any atom is 0.0110 e. The van der Waals surface area contributed by atoms with E-state index in [0.29, 0.717) is 12.0 Å². The van der Waals surface area contributed by atoms with Gasteiger partial charge in [0, 0.05) is 6.04 Å². The van der Waals surface area contributed by atoms with Crippen molar-refractivity contribution in [1.29, 1.82) is 0 Å². The maximum atomic E-state index is 6.34. The summed E-state index contributed by atoms with van der Waals surface area (Å²) in [5, 5.41) is 0. The van der Waals surface area contributed by atoms with Crippen molar-refractivity contribution >= 4 is 0 Å². The van der Waals surface area contributed by atoms with Crippen LogP contribution in [0.15, 0.2) is 30.3 Å². The molecule has 1 rings (SSSR count). The Kier molecular flexibility index (Phi) is 5.54. The molecule has 0 radical (unpaired) electrons. The van der Waals surface area contributed by atoms with E-state index in [1.165, 1.54) is 12.0 Å². The minimum Gasteiger partial charge on any atom is -0.327 e. The predicted octanol–water partition coefficient (Wildman–Crippen LogP) is 3.94. The number of hydrogen-bond acceptors (Lipinski definition) is 1. The van der Waals surface area contributed by atoms with Crippen LogP contribution < -0.4 is 5.73 Å². The topological polar surface area (TPSA) is 26.0 Å². The molecule has 0 aromatic heterocycles. The molecular formula is C15H25N. The van der Waals surface area contributed by atoms with Crippen molar-refractivity contribution in [2.45, 2.75) is 52.0 Å². The molecule has 1 aromatic carbocycles. The molecule has 0 spiro atoms. The summed E-state index contributed by atoms with van der Waals surface area (Å²) in [4.78, 5) is 0. The summed E-state index contributed by atoms with van der Waals surface area (Å²) in [6, 6.07) is 11.0. The fourth-order valence-electron chi connectivity index (χ4n) is 2.28. The van der Waals surface area contributed by atoms with Crippen molar-refractivity contribution in [2.75, 3.05) is 0 Å². The van der Waals surface area contributed by atoms with Crippen LogP contribution in [0.5, 0.6) is 0 Å². The standard InChI is InChI=1S/C15H25N/c1-4-12(3)11-15(16)14(5-2)13-9-7-6-8-10-13/h6-10,12,14-15H,4-5,11,16H2,1-3H3. The molecule has 3 unspecified atom stereocenters. The Morgan fingerprint density at radius 1 is 1.06 bits per heavy atom. The summed E-state index contributed by atoms with van der Waals surface area (Å²) >= 11 is 0. The lowest BCUT2D eigenvalue weighted by Crippen LogP contribution is -2.30. The Labute approximate surface area is 100 Å². The lowest BCUT2D eigenvalue weighted by atomic mass is 9.84. The van der Waals surface area contributed by atoms with E-state index in [-0.39, 0.29) is 0 Å². The first kappa shape index (κ1) is 13.2. The molecule has 0 aliphatic rings. The second-order valence-corrected chi connectivity index (χ2v) is 4.84. The molecule has 0 saturated carbocycles. The molecule has 0 heterocycles. The summed E-state index contributed by atoms with van der Waals surface area (Å²) in [5.74, 6) is 1.24. The van der Waals surface area contributed by atoms with E-state index in [0.717, 1.165) is 18.8 Å². The Morgan fingerprint density at radius 2 is 1.69 bits per heavy atom. The van der Waals surface area contributed by atoms with E-state index in [2.05, 4.69) is 51.1 Å². The van der Waals surface area contributed by atoms with Crippen LogP contribution in [0.2, 0.25) is 0 Å². The lowest BCUT2D eigenvalue weighted by molar-refractivity contribution is 0.399. The third kappa shape index (κ3) is 3.64. The largest absolute Gasteiger partial charge is 0.327 e. The zero-order chi connectivity index (χ0) is 12.0. The number of rotatable bonds is 6. The minimum atomic E-state index is 0.294. The monoisotopic (exact) mass is 219 g/mol. The molecule has 90 valence electrons. The second kappa shape index (κ2) is 6.70. The molecule has 0 saturated heterocycles. The van der Waals surface area contributed by atoms with E-state index in [1.54, 1.807) is 0 Å². The molecule has 1 heteroatoms. The van der Waals surface area contributed by atoms with Gasteiger partial charge in [-0.3, -0.25) is 0 Å². The highest BCUT2D eigenvalue weighted by molar-refractivity contribution is 5.21. The molecular weight excluding hydrogens is 194 g/mol. The lowest BCUT2D eigenvalue weighted by Gasteiger charge is -2.25. The maximum absolute atomic E-state index is 6.34. The van der Waals surface area contributed by atoms with E-state index in [1.807, 2.05) is 0 Å². The zero-order valence-corrected chi connectivity index (χ0v) is 10.8. The minimum absolute atomic E-state index is 0.294. The Balaban J connectivity index is 2.67. The fraction of sp³-hybridized carbons (Fsp3) is 0.600. The molecule has 2 N–H and O–H groups in total. The number of nitrogens with two attached hydrogens (primary N) is 1. The average molecular weight is 219 g/mol. The Morgan fingerprint density at radius 3 is 2.19 bits per heavy atom. The normalized spacial score (nSPS) is 16.8. The predicted molar refractivity (Wildman–Crippen MR) is 71.5 cm³/mol. The summed E-state index contributed by atoms with van der Waals surface area (Å²) in [5.41, 5.74) is 7.73. The summed E-state index contributed by atoms with van der Waals surface area (Å²) < 4.78 is 0. The van der Waals surface area contributed by atoms with Gasteiger partial charge in [-0.1, -0.05) is 57.5 Å². The van der Waals surface area contributed by atoms with Gasteiger partial charge in [0.15, 0.2) is 0 Å². The van der Waals surface area contributed by atoms with Crippen LogP contribution in [-0.4, -0.2) is 6.04 Å². The molecule has 0 fully saturated rings. The summed E-state index contributed by atoms with van der Waals surface area (Å²) in [6.45, 7) is 6.76. The van der Waals surface area contributed by atoms with Crippen LogP contribution in [0.3, 0.4) is 0 Å². The van der Waals surface area contributed by atoms with Crippen LogP contribution in [0.1, 0.15) is 51.5 Å². The molecule has 3 atom stereocenters. The first-order valence-corrected chi connectivity index (χ1v) is 6.49. The highest BCUT2D eigenvalue weighted by Gasteiger charge is 2.19. The molecule has 0 amide bonds. The first-order valence-electron chi connectivity index (χ1n) is 6.49. The van der Waals surface area contributed by atoms with Crippen LogP contribution in [-0.2, 0) is 0 Å². The van der Waals surface area contributed by atoms with Gasteiger partial charge in [0.1, 0.15) is 0 Å². The van der Waals surface area contributed by atoms with Crippen LogP contribution in [0.25, 0.3) is 0 Å². The van der Waals surface area contributed by atoms with Gasteiger partial charge in [-0.2, -0.15) is 0 Å². The number of hydrogen-bond donors (Lipinski definition) is 1. The summed E-state index contributed by atoms with van der Waals surface area (Å²) in [7, 11) is 0. The SMILES string of the molecule is CCC(C)CC(N)C(CC)c1ccccc1. The van der Waals surface area contributed by atoms with Gasteiger partial charge < -0.3 is 5.73 Å². The van der Waals surface area contributed by atoms with Gasteiger partial charge in [-0.05, 0) is 30.2 Å².